The second-order valence-electron chi connectivity index (χ2n) is 4.56. The number of aliphatic imine (C=N–C) groups is 1. The van der Waals surface area contributed by atoms with Gasteiger partial charge in [0.15, 0.2) is 5.96 Å². The van der Waals surface area contributed by atoms with E-state index in [2.05, 4.69) is 26.5 Å². The molecule has 0 unspecified atom stereocenters. The van der Waals surface area contributed by atoms with E-state index in [4.69, 9.17) is 4.52 Å². The topological polar surface area (TPSA) is 66.6 Å². The summed E-state index contributed by atoms with van der Waals surface area (Å²) in [5.74, 6) is 0.800. The molecule has 6 nitrogen and oxygen atoms in total. The van der Waals surface area contributed by atoms with Gasteiger partial charge >= 0.3 is 0 Å². The average Bonchev–Trinajstić information content (AvgIpc) is 2.94. The van der Waals surface area contributed by atoms with Gasteiger partial charge in [0.05, 0.1) is 6.54 Å². The Morgan fingerprint density at radius 1 is 1.40 bits per heavy atom. The van der Waals surface area contributed by atoms with Crippen LogP contribution in [0, 0.1) is 6.92 Å². The van der Waals surface area contributed by atoms with Crippen LogP contribution >= 0.6 is 0 Å². The lowest BCUT2D eigenvalue weighted by molar-refractivity contribution is 0.391. The van der Waals surface area contributed by atoms with Gasteiger partial charge in [0.1, 0.15) is 12.0 Å². The maximum Gasteiger partial charge on any atom is 0.194 e. The zero-order chi connectivity index (χ0) is 14.4. The van der Waals surface area contributed by atoms with Crippen molar-refractivity contribution in [2.45, 2.75) is 20.0 Å². The van der Waals surface area contributed by atoms with Crippen molar-refractivity contribution in [2.24, 2.45) is 4.99 Å². The molecular weight excluding hydrogens is 254 g/mol. The van der Waals surface area contributed by atoms with Gasteiger partial charge in [-0.25, -0.2) is 0 Å². The maximum atomic E-state index is 4.82. The molecule has 2 aromatic heterocycles. The Hall–Kier alpha value is -2.37. The van der Waals surface area contributed by atoms with Crippen molar-refractivity contribution in [1.29, 1.82) is 0 Å². The van der Waals surface area contributed by atoms with E-state index in [-0.39, 0.29) is 0 Å². The molecule has 6 heteroatoms. The molecule has 0 radical (unpaired) electrons. The summed E-state index contributed by atoms with van der Waals surface area (Å²) in [5, 5.41) is 7.19. The summed E-state index contributed by atoms with van der Waals surface area (Å²) < 4.78 is 4.82. The number of aryl methyl sites for hydroxylation is 1. The third kappa shape index (κ3) is 3.81. The molecule has 2 rings (SSSR count). The van der Waals surface area contributed by atoms with Crippen molar-refractivity contribution in [1.82, 2.24) is 20.4 Å². The highest BCUT2D eigenvalue weighted by Gasteiger charge is 2.08. The van der Waals surface area contributed by atoms with Gasteiger partial charge in [0.25, 0.3) is 0 Å². The molecule has 0 aliphatic heterocycles. The lowest BCUT2D eigenvalue weighted by atomic mass is 10.2. The molecule has 20 heavy (non-hydrogen) atoms. The van der Waals surface area contributed by atoms with Crippen molar-refractivity contribution < 1.29 is 4.52 Å². The minimum atomic E-state index is 0.641. The Balaban J connectivity index is 1.90. The molecule has 0 saturated heterocycles. The number of guanidine groups is 1. The van der Waals surface area contributed by atoms with Crippen LogP contribution in [0.15, 0.2) is 40.2 Å². The van der Waals surface area contributed by atoms with E-state index in [1.165, 1.54) is 0 Å². The Morgan fingerprint density at radius 3 is 2.85 bits per heavy atom. The highest BCUT2D eigenvalue weighted by molar-refractivity contribution is 5.79. The molecule has 2 heterocycles. The van der Waals surface area contributed by atoms with Crippen LogP contribution in [-0.2, 0) is 13.1 Å². The van der Waals surface area contributed by atoms with E-state index >= 15 is 0 Å². The molecule has 0 spiro atoms. The standard InChI is InChI=1S/C14H19N5O/c1-11-4-5-12(8-16-11)9-17-14(15-2)19(3)10-13-6-7-20-18-13/h4-8H,9-10H2,1-3H3,(H,15,17). The molecule has 1 N–H and O–H groups in total. The van der Waals surface area contributed by atoms with E-state index in [1.807, 2.05) is 37.2 Å². The highest BCUT2D eigenvalue weighted by Crippen LogP contribution is 2.02. The number of nitrogens with one attached hydrogen (secondary N) is 1. The Morgan fingerprint density at radius 2 is 2.25 bits per heavy atom. The van der Waals surface area contributed by atoms with E-state index in [0.717, 1.165) is 22.9 Å². The predicted molar refractivity (Wildman–Crippen MR) is 77.1 cm³/mol. The number of nitrogens with zero attached hydrogens (tertiary/aromatic N) is 4. The van der Waals surface area contributed by atoms with Gasteiger partial charge in [-0.15, -0.1) is 0 Å². The smallest absolute Gasteiger partial charge is 0.194 e. The van der Waals surface area contributed by atoms with Gasteiger partial charge in [0.2, 0.25) is 0 Å². The lowest BCUT2D eigenvalue weighted by Gasteiger charge is -2.20. The number of pyridine rings is 1. The van der Waals surface area contributed by atoms with E-state index in [0.29, 0.717) is 13.1 Å². The first kappa shape index (κ1) is 14.0. The molecule has 0 bridgehead atoms. The number of hydrogen-bond donors (Lipinski definition) is 1. The first-order valence-electron chi connectivity index (χ1n) is 6.41. The molecule has 0 aromatic carbocycles. The van der Waals surface area contributed by atoms with E-state index in [1.54, 1.807) is 13.3 Å². The molecule has 0 aliphatic carbocycles. The Labute approximate surface area is 118 Å². The fourth-order valence-electron chi connectivity index (χ4n) is 1.81. The van der Waals surface area contributed by atoms with Crippen LogP contribution in [0.5, 0.6) is 0 Å². The molecule has 0 atom stereocenters. The Bertz CT molecular complexity index is 547. The average molecular weight is 273 g/mol. The third-order valence-electron chi connectivity index (χ3n) is 2.89. The number of rotatable bonds is 4. The molecule has 0 amide bonds. The zero-order valence-corrected chi connectivity index (χ0v) is 12.0. The summed E-state index contributed by atoms with van der Waals surface area (Å²) in [6.45, 7) is 3.30. The van der Waals surface area contributed by atoms with Crippen LogP contribution in [0.1, 0.15) is 17.0 Å². The molecule has 0 saturated carbocycles. The normalized spacial score (nSPS) is 11.4. The quantitative estimate of drug-likeness (QED) is 0.677. The first-order chi connectivity index (χ1) is 9.69. The molecular formula is C14H19N5O. The van der Waals surface area contributed by atoms with Gasteiger partial charge in [0, 0.05) is 38.6 Å². The van der Waals surface area contributed by atoms with Crippen LogP contribution in [0.3, 0.4) is 0 Å². The van der Waals surface area contributed by atoms with Crippen LogP contribution in [-0.4, -0.2) is 35.1 Å². The van der Waals surface area contributed by atoms with Crippen molar-refractivity contribution in [3.05, 3.63) is 47.6 Å². The molecule has 0 aliphatic rings. The monoisotopic (exact) mass is 273 g/mol. The van der Waals surface area contributed by atoms with Crippen molar-refractivity contribution in [2.75, 3.05) is 14.1 Å². The summed E-state index contributed by atoms with van der Waals surface area (Å²) >= 11 is 0. The molecule has 2 aromatic rings. The van der Waals surface area contributed by atoms with Gasteiger partial charge < -0.3 is 14.7 Å². The van der Waals surface area contributed by atoms with Gasteiger partial charge in [-0.1, -0.05) is 11.2 Å². The highest BCUT2D eigenvalue weighted by atomic mass is 16.5. The van der Waals surface area contributed by atoms with Crippen molar-refractivity contribution in [3.8, 4) is 0 Å². The summed E-state index contributed by atoms with van der Waals surface area (Å²) in [5.41, 5.74) is 3.00. The maximum absolute atomic E-state index is 4.82. The van der Waals surface area contributed by atoms with Gasteiger partial charge in [-0.2, -0.15) is 0 Å². The second kappa shape index (κ2) is 6.70. The largest absolute Gasteiger partial charge is 0.364 e. The number of hydrogen-bond acceptors (Lipinski definition) is 4. The molecule has 106 valence electrons. The van der Waals surface area contributed by atoms with Crippen LogP contribution in [0.4, 0.5) is 0 Å². The summed E-state index contributed by atoms with van der Waals surface area (Å²) in [7, 11) is 3.71. The summed E-state index contributed by atoms with van der Waals surface area (Å²) in [6.07, 6.45) is 3.44. The van der Waals surface area contributed by atoms with Crippen molar-refractivity contribution >= 4 is 5.96 Å². The lowest BCUT2D eigenvalue weighted by Crippen LogP contribution is -2.38. The summed E-state index contributed by atoms with van der Waals surface area (Å²) in [6, 6.07) is 5.90. The third-order valence-corrected chi connectivity index (χ3v) is 2.89. The van der Waals surface area contributed by atoms with E-state index < -0.39 is 0 Å². The first-order valence-corrected chi connectivity index (χ1v) is 6.41. The van der Waals surface area contributed by atoms with Gasteiger partial charge in [-0.05, 0) is 18.6 Å². The fourth-order valence-corrected chi connectivity index (χ4v) is 1.81. The minimum absolute atomic E-state index is 0.641. The second-order valence-corrected chi connectivity index (χ2v) is 4.56. The van der Waals surface area contributed by atoms with Crippen LogP contribution in [0.2, 0.25) is 0 Å². The van der Waals surface area contributed by atoms with Crippen LogP contribution < -0.4 is 5.32 Å². The van der Waals surface area contributed by atoms with Crippen molar-refractivity contribution in [3.63, 3.8) is 0 Å². The minimum Gasteiger partial charge on any atom is -0.364 e. The zero-order valence-electron chi connectivity index (χ0n) is 12.0. The summed E-state index contributed by atoms with van der Waals surface area (Å²) in [4.78, 5) is 10.5. The molecule has 0 fully saturated rings. The SMILES string of the molecule is CN=C(NCc1ccc(C)nc1)N(C)Cc1ccon1. The van der Waals surface area contributed by atoms with Gasteiger partial charge in [-0.3, -0.25) is 9.98 Å². The fraction of sp³-hybridized carbons (Fsp3) is 0.357. The van der Waals surface area contributed by atoms with Crippen LogP contribution in [0.25, 0.3) is 0 Å². The Kier molecular flexibility index (Phi) is 4.70. The number of aromatic nitrogens is 2. The van der Waals surface area contributed by atoms with E-state index in [9.17, 15) is 0 Å². The predicted octanol–water partition coefficient (Wildman–Crippen LogP) is 1.59.